The van der Waals surface area contributed by atoms with E-state index in [0.717, 1.165) is 17.1 Å². The summed E-state index contributed by atoms with van der Waals surface area (Å²) in [5.41, 5.74) is 5.52. The van der Waals surface area contributed by atoms with E-state index in [4.69, 9.17) is 9.47 Å². The van der Waals surface area contributed by atoms with E-state index in [2.05, 4.69) is 10.5 Å². The second-order valence-electron chi connectivity index (χ2n) is 6.68. The molecule has 9 nitrogen and oxygen atoms in total. The molecular weight excluding hydrogens is 388 g/mol. The largest absolute Gasteiger partial charge is 0.454 e. The Morgan fingerprint density at radius 3 is 2.57 bits per heavy atom. The normalized spacial score (nSPS) is 12.3. The van der Waals surface area contributed by atoms with Gasteiger partial charge in [0.1, 0.15) is 0 Å². The number of para-hydroxylation sites is 1. The van der Waals surface area contributed by atoms with E-state index in [-0.39, 0.29) is 18.0 Å². The van der Waals surface area contributed by atoms with Crippen molar-refractivity contribution in [2.75, 3.05) is 6.79 Å². The third-order valence-corrected chi connectivity index (χ3v) is 4.78. The highest BCUT2D eigenvalue weighted by Gasteiger charge is 2.22. The minimum absolute atomic E-state index is 0.000845. The zero-order chi connectivity index (χ0) is 21.3. The van der Waals surface area contributed by atoms with Crippen LogP contribution in [-0.2, 0) is 0 Å². The molecule has 0 radical (unpaired) electrons. The number of carbonyl (C=O) groups is 1. The van der Waals surface area contributed by atoms with Gasteiger partial charge >= 0.3 is 0 Å². The van der Waals surface area contributed by atoms with Gasteiger partial charge in [-0.2, -0.15) is 5.10 Å². The number of hydrazone groups is 1. The van der Waals surface area contributed by atoms with Gasteiger partial charge in [0.25, 0.3) is 11.6 Å². The fraction of sp³-hybridized carbons (Fsp3) is 0.143. The van der Waals surface area contributed by atoms with E-state index in [0.29, 0.717) is 17.1 Å². The van der Waals surface area contributed by atoms with Crippen LogP contribution in [0.3, 0.4) is 0 Å². The molecule has 30 heavy (non-hydrogen) atoms. The van der Waals surface area contributed by atoms with Crippen LogP contribution < -0.4 is 14.9 Å². The lowest BCUT2D eigenvalue weighted by Gasteiger charge is -2.09. The fourth-order valence-electron chi connectivity index (χ4n) is 3.40. The van der Waals surface area contributed by atoms with Gasteiger partial charge in [-0.25, -0.2) is 5.43 Å². The van der Waals surface area contributed by atoms with Gasteiger partial charge in [0.15, 0.2) is 11.5 Å². The van der Waals surface area contributed by atoms with Crippen LogP contribution in [0.25, 0.3) is 5.69 Å². The number of nitro benzene ring substituents is 1. The number of benzene rings is 2. The summed E-state index contributed by atoms with van der Waals surface area (Å²) in [7, 11) is 0. The number of aryl methyl sites for hydroxylation is 1. The molecule has 0 atom stereocenters. The first-order chi connectivity index (χ1) is 14.5. The molecule has 0 spiro atoms. The number of hydrogen-bond donors (Lipinski definition) is 1. The molecule has 1 aliphatic heterocycles. The predicted molar refractivity (Wildman–Crippen MR) is 110 cm³/mol. The van der Waals surface area contributed by atoms with Gasteiger partial charge in [0.05, 0.1) is 28.3 Å². The number of nitrogens with zero attached hydrogens (tertiary/aromatic N) is 3. The van der Waals surface area contributed by atoms with Crippen molar-refractivity contribution in [3.63, 3.8) is 0 Å². The highest BCUT2D eigenvalue weighted by molar-refractivity contribution is 5.97. The first-order valence-electron chi connectivity index (χ1n) is 9.11. The molecule has 0 fully saturated rings. The summed E-state index contributed by atoms with van der Waals surface area (Å²) in [5.74, 6) is 0.279. The van der Waals surface area contributed by atoms with Crippen molar-refractivity contribution in [2.45, 2.75) is 13.8 Å². The SMILES string of the molecule is Cc1cc(C(=O)NN=Cc2cc3c(cc2[N+](=O)[O-])OCO3)c(C)n1-c1ccccc1. The summed E-state index contributed by atoms with van der Waals surface area (Å²) in [6.07, 6.45) is 1.22. The number of aromatic nitrogens is 1. The van der Waals surface area contributed by atoms with Gasteiger partial charge in [0, 0.05) is 17.1 Å². The molecule has 0 saturated heterocycles. The van der Waals surface area contributed by atoms with Gasteiger partial charge in [0.2, 0.25) is 6.79 Å². The van der Waals surface area contributed by atoms with Crippen LogP contribution in [0, 0.1) is 24.0 Å². The highest BCUT2D eigenvalue weighted by Crippen LogP contribution is 2.37. The lowest BCUT2D eigenvalue weighted by atomic mass is 10.1. The molecule has 0 saturated carbocycles. The number of fused-ring (bicyclic) bond motifs is 1. The molecule has 0 aliphatic carbocycles. The maximum atomic E-state index is 12.6. The van der Waals surface area contributed by atoms with E-state index in [1.807, 2.05) is 48.7 Å². The first-order valence-corrected chi connectivity index (χ1v) is 9.11. The van der Waals surface area contributed by atoms with Crippen LogP contribution in [-0.4, -0.2) is 28.4 Å². The minimum Gasteiger partial charge on any atom is -0.454 e. The molecular formula is C21H18N4O5. The number of nitrogens with one attached hydrogen (secondary N) is 1. The Morgan fingerprint density at radius 2 is 1.87 bits per heavy atom. The Bertz CT molecular complexity index is 1170. The second kappa shape index (κ2) is 7.70. The van der Waals surface area contributed by atoms with E-state index in [1.54, 1.807) is 6.07 Å². The summed E-state index contributed by atoms with van der Waals surface area (Å²) in [4.78, 5) is 23.4. The van der Waals surface area contributed by atoms with Crippen molar-refractivity contribution in [2.24, 2.45) is 5.10 Å². The van der Waals surface area contributed by atoms with Gasteiger partial charge in [-0.15, -0.1) is 0 Å². The van der Waals surface area contributed by atoms with E-state index in [1.165, 1.54) is 18.3 Å². The predicted octanol–water partition coefficient (Wildman–Crippen LogP) is 3.49. The number of amides is 1. The van der Waals surface area contributed by atoms with Crippen LogP contribution in [0.15, 0.2) is 53.6 Å². The van der Waals surface area contributed by atoms with E-state index in [9.17, 15) is 14.9 Å². The third kappa shape index (κ3) is 3.48. The molecule has 9 heteroatoms. The average Bonchev–Trinajstić information content (AvgIpc) is 3.31. The summed E-state index contributed by atoms with van der Waals surface area (Å²) in [5, 5.41) is 15.2. The third-order valence-electron chi connectivity index (χ3n) is 4.78. The topological polar surface area (TPSA) is 108 Å². The first kappa shape index (κ1) is 19.2. The smallest absolute Gasteiger partial charge is 0.282 e. The number of rotatable bonds is 5. The van der Waals surface area contributed by atoms with Crippen molar-refractivity contribution < 1.29 is 19.2 Å². The lowest BCUT2D eigenvalue weighted by Crippen LogP contribution is -2.18. The minimum atomic E-state index is -0.543. The van der Waals surface area contributed by atoms with Gasteiger partial charge < -0.3 is 14.0 Å². The molecule has 1 aromatic heterocycles. The van der Waals surface area contributed by atoms with E-state index < -0.39 is 10.8 Å². The molecule has 1 N–H and O–H groups in total. The number of hydrogen-bond acceptors (Lipinski definition) is 6. The molecule has 2 aromatic carbocycles. The molecule has 0 unspecified atom stereocenters. The highest BCUT2D eigenvalue weighted by atomic mass is 16.7. The van der Waals surface area contributed by atoms with Crippen LogP contribution in [0.4, 0.5) is 5.69 Å². The fourth-order valence-corrected chi connectivity index (χ4v) is 3.40. The summed E-state index contributed by atoms with van der Waals surface area (Å²) < 4.78 is 12.4. The van der Waals surface area contributed by atoms with Crippen LogP contribution >= 0.6 is 0 Å². The molecule has 2 heterocycles. The Labute approximate surface area is 171 Å². The van der Waals surface area contributed by atoms with Gasteiger partial charge in [-0.05, 0) is 38.1 Å². The maximum Gasteiger partial charge on any atom is 0.282 e. The Hall–Kier alpha value is -4.14. The lowest BCUT2D eigenvalue weighted by molar-refractivity contribution is -0.385. The Morgan fingerprint density at radius 1 is 1.17 bits per heavy atom. The van der Waals surface area contributed by atoms with Crippen molar-refractivity contribution in [3.05, 3.63) is 81.2 Å². The molecule has 1 amide bonds. The molecule has 3 aromatic rings. The maximum absolute atomic E-state index is 12.6. The summed E-state index contributed by atoms with van der Waals surface area (Å²) >= 11 is 0. The molecule has 152 valence electrons. The zero-order valence-corrected chi connectivity index (χ0v) is 16.3. The standard InChI is InChI=1S/C21H18N4O5/c1-13-8-17(14(2)24(13)16-6-4-3-5-7-16)21(26)23-22-11-15-9-19-20(30-12-29-19)10-18(15)25(27)28/h3-11H,12H2,1-2H3,(H,23,26). The van der Waals surface area contributed by atoms with Gasteiger partial charge in [-0.3, -0.25) is 14.9 Å². The summed E-state index contributed by atoms with van der Waals surface area (Å²) in [6.45, 7) is 3.76. The Kier molecular flexibility index (Phi) is 4.93. The average molecular weight is 406 g/mol. The summed E-state index contributed by atoms with van der Waals surface area (Å²) in [6, 6.07) is 14.2. The van der Waals surface area contributed by atoms with Crippen LogP contribution in [0.5, 0.6) is 11.5 Å². The monoisotopic (exact) mass is 406 g/mol. The van der Waals surface area contributed by atoms with Crippen molar-refractivity contribution in [1.29, 1.82) is 0 Å². The van der Waals surface area contributed by atoms with Crippen molar-refractivity contribution in [1.82, 2.24) is 9.99 Å². The van der Waals surface area contributed by atoms with Gasteiger partial charge in [-0.1, -0.05) is 18.2 Å². The zero-order valence-electron chi connectivity index (χ0n) is 16.3. The number of carbonyl (C=O) groups excluding carboxylic acids is 1. The Balaban J connectivity index is 1.56. The second-order valence-corrected chi connectivity index (χ2v) is 6.68. The number of ether oxygens (including phenoxy) is 2. The quantitative estimate of drug-likeness (QED) is 0.396. The van der Waals surface area contributed by atoms with Crippen LogP contribution in [0.1, 0.15) is 27.3 Å². The van der Waals surface area contributed by atoms with E-state index >= 15 is 0 Å². The number of nitro groups is 1. The molecule has 0 bridgehead atoms. The van der Waals surface area contributed by atoms with Crippen molar-refractivity contribution >= 4 is 17.8 Å². The molecule has 1 aliphatic rings. The van der Waals surface area contributed by atoms with Crippen molar-refractivity contribution in [3.8, 4) is 17.2 Å². The van der Waals surface area contributed by atoms with Crippen LogP contribution in [0.2, 0.25) is 0 Å². The molecule has 4 rings (SSSR count).